The smallest absolute Gasteiger partial charge is 0.222 e. The highest BCUT2D eigenvalue weighted by molar-refractivity contribution is 5.76. The number of nitrogens with zero attached hydrogens (tertiary/aromatic N) is 1. The molecule has 1 fully saturated rings. The van der Waals surface area contributed by atoms with Crippen LogP contribution in [0.25, 0.3) is 0 Å². The second kappa shape index (κ2) is 5.16. The first-order valence-electron chi connectivity index (χ1n) is 5.86. The van der Waals surface area contributed by atoms with E-state index in [1.54, 1.807) is 0 Å². The molecule has 16 heavy (non-hydrogen) atoms. The van der Waals surface area contributed by atoms with Gasteiger partial charge in [0.1, 0.15) is 0 Å². The molecule has 2 rings (SSSR count). The summed E-state index contributed by atoms with van der Waals surface area (Å²) in [6, 6.07) is 2.55. The predicted molar refractivity (Wildman–Crippen MR) is 63.0 cm³/mol. The van der Waals surface area contributed by atoms with Gasteiger partial charge < -0.3 is 15.2 Å². The number of hydrogen-bond donors (Lipinski definition) is 2. The van der Waals surface area contributed by atoms with Crippen LogP contribution < -0.4 is 10.6 Å². The summed E-state index contributed by atoms with van der Waals surface area (Å²) < 4.78 is 2.07. The Morgan fingerprint density at radius 3 is 3.06 bits per heavy atom. The van der Waals surface area contributed by atoms with E-state index in [2.05, 4.69) is 27.5 Å². The van der Waals surface area contributed by atoms with Crippen molar-refractivity contribution in [3.63, 3.8) is 0 Å². The number of aromatic nitrogens is 1. The second-order valence-corrected chi connectivity index (χ2v) is 4.38. The molecular weight excluding hydrogens is 202 g/mol. The van der Waals surface area contributed by atoms with Gasteiger partial charge in [-0.25, -0.2) is 0 Å². The van der Waals surface area contributed by atoms with E-state index in [-0.39, 0.29) is 5.91 Å². The van der Waals surface area contributed by atoms with E-state index in [4.69, 9.17) is 0 Å². The maximum atomic E-state index is 11.5. The third-order valence-corrected chi connectivity index (χ3v) is 2.73. The molecule has 0 saturated heterocycles. The molecule has 88 valence electrons. The Balaban J connectivity index is 1.72. The van der Waals surface area contributed by atoms with Crippen LogP contribution in [0.2, 0.25) is 0 Å². The van der Waals surface area contributed by atoms with Gasteiger partial charge in [0.15, 0.2) is 0 Å². The third kappa shape index (κ3) is 3.38. The summed E-state index contributed by atoms with van der Waals surface area (Å²) in [6.07, 6.45) is 6.99. The number of amides is 1. The highest BCUT2D eigenvalue weighted by Gasteiger charge is 2.22. The molecule has 0 aromatic carbocycles. The lowest BCUT2D eigenvalue weighted by Gasteiger charge is -2.04. The number of rotatable bonds is 6. The fraction of sp³-hybridized carbons (Fsp3) is 0.583. The molecule has 1 aromatic heterocycles. The van der Waals surface area contributed by atoms with E-state index in [0.29, 0.717) is 12.5 Å². The van der Waals surface area contributed by atoms with Crippen molar-refractivity contribution >= 4 is 5.91 Å². The molecule has 0 spiro atoms. The van der Waals surface area contributed by atoms with Gasteiger partial charge in [-0.05, 0) is 31.5 Å². The van der Waals surface area contributed by atoms with E-state index >= 15 is 0 Å². The van der Waals surface area contributed by atoms with Crippen molar-refractivity contribution in [3.05, 3.63) is 24.0 Å². The SMILES string of the molecule is CNCc1ccn(CCC(=O)NC2CC2)c1. The monoisotopic (exact) mass is 221 g/mol. The first kappa shape index (κ1) is 11.2. The predicted octanol–water partition coefficient (Wildman–Crippen LogP) is 0.876. The topological polar surface area (TPSA) is 46.1 Å². The molecule has 4 nitrogen and oxygen atoms in total. The van der Waals surface area contributed by atoms with Crippen molar-refractivity contribution in [2.75, 3.05) is 7.05 Å². The Bertz CT molecular complexity index is 355. The lowest BCUT2D eigenvalue weighted by atomic mass is 10.3. The van der Waals surface area contributed by atoms with Crippen molar-refractivity contribution in [1.82, 2.24) is 15.2 Å². The molecule has 1 aliphatic carbocycles. The van der Waals surface area contributed by atoms with Crippen LogP contribution in [0.1, 0.15) is 24.8 Å². The Labute approximate surface area is 96.0 Å². The molecule has 0 unspecified atom stereocenters. The zero-order valence-corrected chi connectivity index (χ0v) is 9.70. The first-order chi connectivity index (χ1) is 7.78. The largest absolute Gasteiger partial charge is 0.353 e. The summed E-state index contributed by atoms with van der Waals surface area (Å²) in [4.78, 5) is 11.5. The fourth-order valence-electron chi connectivity index (χ4n) is 1.70. The van der Waals surface area contributed by atoms with Gasteiger partial charge in [0.05, 0.1) is 0 Å². The minimum absolute atomic E-state index is 0.173. The van der Waals surface area contributed by atoms with Crippen molar-refractivity contribution < 1.29 is 4.79 Å². The van der Waals surface area contributed by atoms with Gasteiger partial charge in [0.25, 0.3) is 0 Å². The highest BCUT2D eigenvalue weighted by atomic mass is 16.1. The minimum Gasteiger partial charge on any atom is -0.353 e. The van der Waals surface area contributed by atoms with Crippen LogP contribution in [-0.2, 0) is 17.9 Å². The van der Waals surface area contributed by atoms with Crippen LogP contribution in [0.5, 0.6) is 0 Å². The number of aryl methyl sites for hydroxylation is 1. The van der Waals surface area contributed by atoms with E-state index in [1.807, 2.05) is 13.2 Å². The number of carbonyl (C=O) groups is 1. The quantitative estimate of drug-likeness (QED) is 0.749. The summed E-state index contributed by atoms with van der Waals surface area (Å²) in [7, 11) is 1.93. The van der Waals surface area contributed by atoms with Crippen molar-refractivity contribution in [2.24, 2.45) is 0 Å². The molecule has 1 aliphatic rings. The Hall–Kier alpha value is -1.29. The molecule has 1 amide bonds. The average Bonchev–Trinajstić information content (AvgIpc) is 2.95. The molecule has 4 heteroatoms. The van der Waals surface area contributed by atoms with Gasteiger partial charge in [0.2, 0.25) is 5.91 Å². The van der Waals surface area contributed by atoms with Gasteiger partial charge in [-0.15, -0.1) is 0 Å². The molecule has 1 saturated carbocycles. The summed E-state index contributed by atoms with van der Waals surface area (Å²) >= 11 is 0. The van der Waals surface area contributed by atoms with E-state index in [1.165, 1.54) is 5.56 Å². The standard InChI is InChI=1S/C12H19N3O/c1-13-8-10-4-6-15(9-10)7-5-12(16)14-11-2-3-11/h4,6,9,11,13H,2-3,5,7-8H2,1H3,(H,14,16). The summed E-state index contributed by atoms with van der Waals surface area (Å²) in [5.41, 5.74) is 1.25. The van der Waals surface area contributed by atoms with Crippen LogP contribution >= 0.6 is 0 Å². The molecule has 0 atom stereocenters. The lowest BCUT2D eigenvalue weighted by molar-refractivity contribution is -0.121. The van der Waals surface area contributed by atoms with Crippen LogP contribution in [0.3, 0.4) is 0 Å². The zero-order chi connectivity index (χ0) is 11.4. The summed E-state index contributed by atoms with van der Waals surface area (Å²) in [5.74, 6) is 0.173. The number of carbonyl (C=O) groups excluding carboxylic acids is 1. The van der Waals surface area contributed by atoms with Crippen LogP contribution in [0.4, 0.5) is 0 Å². The summed E-state index contributed by atoms with van der Waals surface area (Å²) in [5, 5.41) is 6.10. The van der Waals surface area contributed by atoms with E-state index in [0.717, 1.165) is 25.9 Å². The fourth-order valence-corrected chi connectivity index (χ4v) is 1.70. The van der Waals surface area contributed by atoms with Crippen molar-refractivity contribution in [1.29, 1.82) is 0 Å². The van der Waals surface area contributed by atoms with Crippen LogP contribution in [-0.4, -0.2) is 23.6 Å². The molecule has 0 aliphatic heterocycles. The lowest BCUT2D eigenvalue weighted by Crippen LogP contribution is -2.26. The van der Waals surface area contributed by atoms with E-state index < -0.39 is 0 Å². The van der Waals surface area contributed by atoms with Gasteiger partial charge in [-0.1, -0.05) is 0 Å². The van der Waals surface area contributed by atoms with E-state index in [9.17, 15) is 4.79 Å². The minimum atomic E-state index is 0.173. The molecule has 0 radical (unpaired) electrons. The van der Waals surface area contributed by atoms with Crippen LogP contribution in [0, 0.1) is 0 Å². The molecule has 0 bridgehead atoms. The highest BCUT2D eigenvalue weighted by Crippen LogP contribution is 2.18. The van der Waals surface area contributed by atoms with Gasteiger partial charge in [-0.3, -0.25) is 4.79 Å². The first-order valence-corrected chi connectivity index (χ1v) is 5.86. The molecule has 1 heterocycles. The normalized spacial score (nSPS) is 15.1. The van der Waals surface area contributed by atoms with Gasteiger partial charge in [-0.2, -0.15) is 0 Å². The van der Waals surface area contributed by atoms with Crippen molar-refractivity contribution in [2.45, 2.75) is 38.4 Å². The Morgan fingerprint density at radius 1 is 1.56 bits per heavy atom. The second-order valence-electron chi connectivity index (χ2n) is 4.38. The third-order valence-electron chi connectivity index (χ3n) is 2.73. The maximum absolute atomic E-state index is 11.5. The average molecular weight is 221 g/mol. The number of hydrogen-bond acceptors (Lipinski definition) is 2. The Kier molecular flexibility index (Phi) is 3.62. The summed E-state index contributed by atoms with van der Waals surface area (Å²) in [6.45, 7) is 1.64. The maximum Gasteiger partial charge on any atom is 0.222 e. The molecular formula is C12H19N3O. The van der Waals surface area contributed by atoms with Gasteiger partial charge in [0, 0.05) is 37.9 Å². The molecule has 1 aromatic rings. The van der Waals surface area contributed by atoms with Gasteiger partial charge >= 0.3 is 0 Å². The molecule has 2 N–H and O–H groups in total. The van der Waals surface area contributed by atoms with Crippen LogP contribution in [0.15, 0.2) is 18.5 Å². The zero-order valence-electron chi connectivity index (χ0n) is 9.70. The number of nitrogens with one attached hydrogen (secondary N) is 2. The Morgan fingerprint density at radius 2 is 2.38 bits per heavy atom. The van der Waals surface area contributed by atoms with Crippen molar-refractivity contribution in [3.8, 4) is 0 Å².